The average Bonchev–Trinajstić information content (AvgIpc) is 2.40. The molecule has 0 unspecified atom stereocenters. The molecular formula is C12H9N3O4. The zero-order valence-corrected chi connectivity index (χ0v) is 9.94. The summed E-state index contributed by atoms with van der Waals surface area (Å²) in [5, 5.41) is 10.5. The fourth-order valence-corrected chi connectivity index (χ4v) is 1.29. The summed E-state index contributed by atoms with van der Waals surface area (Å²) in [5.74, 6) is -0.459. The van der Waals surface area contributed by atoms with Crippen molar-refractivity contribution in [3.8, 4) is 5.75 Å². The van der Waals surface area contributed by atoms with Crippen molar-refractivity contribution in [3.63, 3.8) is 0 Å². The van der Waals surface area contributed by atoms with E-state index in [0.717, 1.165) is 0 Å². The van der Waals surface area contributed by atoms with Gasteiger partial charge in [0.25, 0.3) is 5.69 Å². The fourth-order valence-electron chi connectivity index (χ4n) is 1.29. The molecule has 0 atom stereocenters. The Bertz CT molecular complexity index is 608. The van der Waals surface area contributed by atoms with Gasteiger partial charge >= 0.3 is 5.97 Å². The summed E-state index contributed by atoms with van der Waals surface area (Å²) >= 11 is 0. The molecule has 0 saturated heterocycles. The van der Waals surface area contributed by atoms with Crippen LogP contribution in [0, 0.1) is 17.0 Å². The van der Waals surface area contributed by atoms with Crippen molar-refractivity contribution in [2.45, 2.75) is 6.92 Å². The molecule has 96 valence electrons. The Morgan fingerprint density at radius 3 is 2.42 bits per heavy atom. The minimum atomic E-state index is -0.665. The number of carbonyl (C=O) groups excluding carboxylic acids is 1. The van der Waals surface area contributed by atoms with Gasteiger partial charge in [0.15, 0.2) is 5.69 Å². The molecule has 7 nitrogen and oxygen atoms in total. The van der Waals surface area contributed by atoms with Crippen molar-refractivity contribution in [2.75, 3.05) is 0 Å². The van der Waals surface area contributed by atoms with Crippen molar-refractivity contribution in [1.29, 1.82) is 0 Å². The smallest absolute Gasteiger partial charge is 0.363 e. The molecule has 0 N–H and O–H groups in total. The first-order chi connectivity index (χ1) is 9.06. The third-order valence-electron chi connectivity index (χ3n) is 2.25. The lowest BCUT2D eigenvalue weighted by atomic mass is 10.3. The molecule has 2 rings (SSSR count). The first-order valence-electron chi connectivity index (χ1n) is 5.31. The van der Waals surface area contributed by atoms with Crippen LogP contribution in [0.1, 0.15) is 16.2 Å². The summed E-state index contributed by atoms with van der Waals surface area (Å²) in [4.78, 5) is 29.4. The SMILES string of the molecule is Cc1cnc(C(=O)Oc2ccc([N+](=O)[O-])cc2)cn1. The highest BCUT2D eigenvalue weighted by atomic mass is 16.6. The van der Waals surface area contributed by atoms with Crippen LogP contribution in [0.4, 0.5) is 5.69 Å². The number of hydrogen-bond acceptors (Lipinski definition) is 6. The zero-order chi connectivity index (χ0) is 13.8. The Labute approximate surface area is 108 Å². The number of aromatic nitrogens is 2. The van der Waals surface area contributed by atoms with E-state index < -0.39 is 10.9 Å². The molecule has 0 spiro atoms. The number of esters is 1. The number of nitrogens with zero attached hydrogens (tertiary/aromatic N) is 3. The third kappa shape index (κ3) is 3.09. The molecule has 7 heteroatoms. The van der Waals surface area contributed by atoms with E-state index >= 15 is 0 Å². The molecule has 0 saturated carbocycles. The van der Waals surface area contributed by atoms with Crippen molar-refractivity contribution < 1.29 is 14.5 Å². The fraction of sp³-hybridized carbons (Fsp3) is 0.0833. The predicted octanol–water partition coefficient (Wildman–Crippen LogP) is 1.91. The first kappa shape index (κ1) is 12.6. The Balaban J connectivity index is 2.10. The molecule has 0 aliphatic rings. The lowest BCUT2D eigenvalue weighted by Crippen LogP contribution is -2.11. The second kappa shape index (κ2) is 5.21. The molecule has 0 aliphatic carbocycles. The van der Waals surface area contributed by atoms with E-state index in [4.69, 9.17) is 4.74 Å². The highest BCUT2D eigenvalue weighted by molar-refractivity contribution is 5.88. The van der Waals surface area contributed by atoms with Gasteiger partial charge in [-0.1, -0.05) is 0 Å². The van der Waals surface area contributed by atoms with Crippen LogP contribution in [-0.4, -0.2) is 20.9 Å². The number of ether oxygens (including phenoxy) is 1. The molecule has 2 aromatic rings. The summed E-state index contributed by atoms with van der Waals surface area (Å²) < 4.78 is 5.01. The van der Waals surface area contributed by atoms with Crippen LogP contribution in [0.25, 0.3) is 0 Å². The number of carbonyl (C=O) groups is 1. The average molecular weight is 259 g/mol. The van der Waals surface area contributed by atoms with E-state index in [1.807, 2.05) is 0 Å². The topological polar surface area (TPSA) is 95.2 Å². The van der Waals surface area contributed by atoms with Crippen molar-refractivity contribution >= 4 is 11.7 Å². The van der Waals surface area contributed by atoms with E-state index in [1.54, 1.807) is 6.92 Å². The maximum atomic E-state index is 11.7. The van der Waals surface area contributed by atoms with Crippen molar-refractivity contribution in [1.82, 2.24) is 9.97 Å². The minimum Gasteiger partial charge on any atom is -0.422 e. The maximum absolute atomic E-state index is 11.7. The first-order valence-corrected chi connectivity index (χ1v) is 5.31. The van der Waals surface area contributed by atoms with E-state index in [0.29, 0.717) is 5.69 Å². The maximum Gasteiger partial charge on any atom is 0.363 e. The molecular weight excluding hydrogens is 250 g/mol. The van der Waals surface area contributed by atoms with Crippen LogP contribution in [-0.2, 0) is 0 Å². The lowest BCUT2D eigenvalue weighted by molar-refractivity contribution is -0.384. The standard InChI is InChI=1S/C12H9N3O4/c1-8-6-14-11(7-13-8)12(16)19-10-4-2-9(3-5-10)15(17)18/h2-7H,1H3. The number of nitro benzene ring substituents is 1. The summed E-state index contributed by atoms with van der Waals surface area (Å²) in [6, 6.07) is 5.20. The van der Waals surface area contributed by atoms with Gasteiger partial charge in [-0.25, -0.2) is 9.78 Å². The Kier molecular flexibility index (Phi) is 3.46. The van der Waals surface area contributed by atoms with Gasteiger partial charge in [0, 0.05) is 18.3 Å². The monoisotopic (exact) mass is 259 g/mol. The van der Waals surface area contributed by atoms with Gasteiger partial charge in [-0.15, -0.1) is 0 Å². The number of aryl methyl sites for hydroxylation is 1. The van der Waals surface area contributed by atoms with Crippen molar-refractivity contribution in [3.05, 3.63) is 58.2 Å². The molecule has 0 fully saturated rings. The molecule has 0 bridgehead atoms. The molecule has 1 aromatic carbocycles. The normalized spacial score (nSPS) is 9.95. The Hall–Kier alpha value is -2.83. The largest absolute Gasteiger partial charge is 0.422 e. The Morgan fingerprint density at radius 1 is 1.21 bits per heavy atom. The van der Waals surface area contributed by atoms with E-state index in [-0.39, 0.29) is 17.1 Å². The van der Waals surface area contributed by atoms with Crippen LogP contribution in [0.2, 0.25) is 0 Å². The van der Waals surface area contributed by atoms with Crippen LogP contribution >= 0.6 is 0 Å². The summed E-state index contributed by atoms with van der Waals surface area (Å²) in [5.41, 5.74) is 0.686. The van der Waals surface area contributed by atoms with Crippen LogP contribution in [0.15, 0.2) is 36.7 Å². The second-order valence-electron chi connectivity index (χ2n) is 3.68. The van der Waals surface area contributed by atoms with Crippen LogP contribution in [0.5, 0.6) is 5.75 Å². The third-order valence-corrected chi connectivity index (χ3v) is 2.25. The minimum absolute atomic E-state index is 0.0731. The van der Waals surface area contributed by atoms with Gasteiger partial charge in [0.1, 0.15) is 5.75 Å². The summed E-state index contributed by atoms with van der Waals surface area (Å²) in [6.45, 7) is 1.75. The molecule has 19 heavy (non-hydrogen) atoms. The number of rotatable bonds is 3. The number of hydrogen-bond donors (Lipinski definition) is 0. The van der Waals surface area contributed by atoms with Gasteiger partial charge in [-0.05, 0) is 19.1 Å². The van der Waals surface area contributed by atoms with Crippen molar-refractivity contribution in [2.24, 2.45) is 0 Å². The van der Waals surface area contributed by atoms with Gasteiger partial charge in [-0.2, -0.15) is 0 Å². The molecule has 0 aliphatic heterocycles. The zero-order valence-electron chi connectivity index (χ0n) is 9.94. The predicted molar refractivity (Wildman–Crippen MR) is 64.8 cm³/mol. The summed E-state index contributed by atoms with van der Waals surface area (Å²) in [7, 11) is 0. The van der Waals surface area contributed by atoms with Gasteiger partial charge < -0.3 is 4.74 Å². The number of non-ortho nitro benzene ring substituents is 1. The molecule has 1 aromatic heterocycles. The van der Waals surface area contributed by atoms with Gasteiger partial charge in [-0.3, -0.25) is 15.1 Å². The molecule has 1 heterocycles. The summed E-state index contributed by atoms with van der Waals surface area (Å²) in [6.07, 6.45) is 2.76. The highest BCUT2D eigenvalue weighted by Gasteiger charge is 2.11. The second-order valence-corrected chi connectivity index (χ2v) is 3.68. The highest BCUT2D eigenvalue weighted by Crippen LogP contribution is 2.18. The van der Waals surface area contributed by atoms with E-state index in [2.05, 4.69) is 9.97 Å². The quantitative estimate of drug-likeness (QED) is 0.361. The van der Waals surface area contributed by atoms with Crippen LogP contribution in [0.3, 0.4) is 0 Å². The Morgan fingerprint density at radius 2 is 1.89 bits per heavy atom. The van der Waals surface area contributed by atoms with Gasteiger partial charge in [0.05, 0.1) is 16.8 Å². The number of benzene rings is 1. The van der Waals surface area contributed by atoms with E-state index in [1.165, 1.54) is 36.7 Å². The van der Waals surface area contributed by atoms with Gasteiger partial charge in [0.2, 0.25) is 0 Å². The van der Waals surface area contributed by atoms with Crippen LogP contribution < -0.4 is 4.74 Å². The lowest BCUT2D eigenvalue weighted by Gasteiger charge is -2.03. The molecule has 0 radical (unpaired) electrons. The molecule has 0 amide bonds. The number of nitro groups is 1. The van der Waals surface area contributed by atoms with E-state index in [9.17, 15) is 14.9 Å².